The first-order valence-electron chi connectivity index (χ1n) is 9.06. The van der Waals surface area contributed by atoms with E-state index < -0.39 is 5.54 Å². The second kappa shape index (κ2) is 7.76. The molecule has 2 aliphatic rings. The molecule has 136 valence electrons. The van der Waals surface area contributed by atoms with Gasteiger partial charge in [0.1, 0.15) is 12.1 Å². The number of urea groups is 1. The average molecular weight is 346 g/mol. The summed E-state index contributed by atoms with van der Waals surface area (Å²) in [6.45, 7) is 0.486. The molecule has 1 saturated heterocycles. The number of ether oxygens (including phenoxy) is 2. The summed E-state index contributed by atoms with van der Waals surface area (Å²) in [6, 6.07) is 7.04. The van der Waals surface area contributed by atoms with Crippen molar-refractivity contribution in [2.45, 2.75) is 50.5 Å². The minimum absolute atomic E-state index is 0.0944. The average Bonchev–Trinajstić information content (AvgIpc) is 2.83. The number of benzene rings is 1. The molecule has 0 aromatic heterocycles. The Morgan fingerprint density at radius 2 is 1.68 bits per heavy atom. The molecule has 1 aromatic rings. The number of carbonyl (C=O) groups excluding carboxylic acids is 2. The Morgan fingerprint density at radius 3 is 2.36 bits per heavy atom. The molecule has 25 heavy (non-hydrogen) atoms. The fourth-order valence-corrected chi connectivity index (χ4v) is 3.71. The van der Waals surface area contributed by atoms with Crippen molar-refractivity contribution in [2.24, 2.45) is 0 Å². The Hall–Kier alpha value is -2.24. The first kappa shape index (κ1) is 17.6. The van der Waals surface area contributed by atoms with Crippen LogP contribution in [-0.2, 0) is 4.79 Å². The van der Waals surface area contributed by atoms with Crippen LogP contribution in [-0.4, -0.2) is 42.6 Å². The summed E-state index contributed by atoms with van der Waals surface area (Å²) in [5.41, 5.74) is -0.693. The van der Waals surface area contributed by atoms with E-state index in [1.54, 1.807) is 13.2 Å². The monoisotopic (exact) mass is 346 g/mol. The molecular weight excluding hydrogens is 320 g/mol. The zero-order chi connectivity index (χ0) is 17.7. The van der Waals surface area contributed by atoms with Crippen molar-refractivity contribution >= 4 is 11.9 Å². The predicted molar refractivity (Wildman–Crippen MR) is 93.8 cm³/mol. The van der Waals surface area contributed by atoms with Crippen LogP contribution in [0.1, 0.15) is 44.9 Å². The summed E-state index contributed by atoms with van der Waals surface area (Å²) in [5.74, 6) is 1.15. The highest BCUT2D eigenvalue weighted by atomic mass is 16.5. The molecule has 1 aliphatic carbocycles. The minimum Gasteiger partial charge on any atom is -0.493 e. The molecule has 1 aliphatic heterocycles. The number of hydrogen-bond acceptors (Lipinski definition) is 4. The number of rotatable bonds is 5. The van der Waals surface area contributed by atoms with Gasteiger partial charge >= 0.3 is 6.03 Å². The lowest BCUT2D eigenvalue weighted by molar-refractivity contribution is -0.132. The van der Waals surface area contributed by atoms with Crippen molar-refractivity contribution in [3.63, 3.8) is 0 Å². The molecule has 1 aromatic carbocycles. The van der Waals surface area contributed by atoms with E-state index in [9.17, 15) is 9.59 Å². The second-order valence-electron chi connectivity index (χ2n) is 6.74. The summed E-state index contributed by atoms with van der Waals surface area (Å²) in [4.78, 5) is 26.5. The molecule has 1 heterocycles. The number of nitrogens with one attached hydrogen (secondary N) is 1. The van der Waals surface area contributed by atoms with Gasteiger partial charge < -0.3 is 14.8 Å². The molecule has 3 amide bonds. The van der Waals surface area contributed by atoms with Crippen molar-refractivity contribution in [1.82, 2.24) is 10.2 Å². The zero-order valence-corrected chi connectivity index (χ0v) is 14.8. The second-order valence-corrected chi connectivity index (χ2v) is 6.74. The van der Waals surface area contributed by atoms with Gasteiger partial charge in [0.15, 0.2) is 11.5 Å². The van der Waals surface area contributed by atoms with Crippen LogP contribution < -0.4 is 14.8 Å². The molecule has 1 spiro atoms. The standard InChI is InChI=1S/C19H26N2O4/c1-24-15-9-5-6-10-16(15)25-14-13-21-17(22)19(20-18(21)23)11-7-3-2-4-8-12-19/h5-6,9-10H,2-4,7-8,11-14H2,1H3,(H,20,23). The van der Waals surface area contributed by atoms with Crippen LogP contribution in [0, 0.1) is 0 Å². The van der Waals surface area contributed by atoms with E-state index in [0.29, 0.717) is 11.5 Å². The van der Waals surface area contributed by atoms with Crippen LogP contribution in [0.3, 0.4) is 0 Å². The van der Waals surface area contributed by atoms with Crippen LogP contribution in [0.15, 0.2) is 24.3 Å². The maximum atomic E-state index is 12.9. The van der Waals surface area contributed by atoms with Gasteiger partial charge in [0.2, 0.25) is 0 Å². The molecule has 1 N–H and O–H groups in total. The van der Waals surface area contributed by atoms with E-state index >= 15 is 0 Å². The van der Waals surface area contributed by atoms with Gasteiger partial charge in [-0.3, -0.25) is 9.69 Å². The first-order chi connectivity index (χ1) is 12.2. The Balaban J connectivity index is 1.61. The SMILES string of the molecule is COc1ccccc1OCCN1C(=O)NC2(CCCCCCC2)C1=O. The smallest absolute Gasteiger partial charge is 0.325 e. The lowest BCUT2D eigenvalue weighted by Crippen LogP contribution is -2.47. The number of hydrogen-bond donors (Lipinski definition) is 1. The summed E-state index contributed by atoms with van der Waals surface area (Å²) >= 11 is 0. The van der Waals surface area contributed by atoms with Crippen molar-refractivity contribution in [2.75, 3.05) is 20.3 Å². The number of para-hydroxylation sites is 2. The molecule has 2 fully saturated rings. The van der Waals surface area contributed by atoms with Gasteiger partial charge in [-0.25, -0.2) is 4.79 Å². The molecule has 6 nitrogen and oxygen atoms in total. The first-order valence-corrected chi connectivity index (χ1v) is 9.06. The molecule has 0 atom stereocenters. The van der Waals surface area contributed by atoms with E-state index in [0.717, 1.165) is 38.5 Å². The van der Waals surface area contributed by atoms with Crippen LogP contribution in [0.4, 0.5) is 4.79 Å². The van der Waals surface area contributed by atoms with Crippen LogP contribution in [0.5, 0.6) is 11.5 Å². The van der Waals surface area contributed by atoms with Crippen LogP contribution in [0.25, 0.3) is 0 Å². The Morgan fingerprint density at radius 1 is 1.04 bits per heavy atom. The van der Waals surface area contributed by atoms with Crippen LogP contribution in [0.2, 0.25) is 0 Å². The third kappa shape index (κ3) is 3.72. The molecule has 0 unspecified atom stereocenters. The van der Waals surface area contributed by atoms with Gasteiger partial charge in [0.05, 0.1) is 13.7 Å². The van der Waals surface area contributed by atoms with E-state index in [-0.39, 0.29) is 25.1 Å². The Kier molecular flexibility index (Phi) is 5.46. The van der Waals surface area contributed by atoms with E-state index in [1.165, 1.54) is 11.3 Å². The molecular formula is C19H26N2O4. The topological polar surface area (TPSA) is 67.9 Å². The van der Waals surface area contributed by atoms with Crippen molar-refractivity contribution in [3.8, 4) is 11.5 Å². The van der Waals surface area contributed by atoms with E-state index in [1.807, 2.05) is 18.2 Å². The zero-order valence-electron chi connectivity index (χ0n) is 14.8. The summed E-state index contributed by atoms with van der Waals surface area (Å²) in [6.07, 6.45) is 6.91. The third-order valence-electron chi connectivity index (χ3n) is 5.09. The largest absolute Gasteiger partial charge is 0.493 e. The number of carbonyl (C=O) groups is 2. The lowest BCUT2D eigenvalue weighted by Gasteiger charge is -2.28. The summed E-state index contributed by atoms with van der Waals surface area (Å²) < 4.78 is 10.9. The molecule has 0 radical (unpaired) electrons. The highest BCUT2D eigenvalue weighted by molar-refractivity contribution is 6.07. The van der Waals surface area contributed by atoms with Crippen molar-refractivity contribution < 1.29 is 19.1 Å². The van der Waals surface area contributed by atoms with Gasteiger partial charge in [-0.1, -0.05) is 44.2 Å². The van der Waals surface area contributed by atoms with Gasteiger partial charge in [0.25, 0.3) is 5.91 Å². The minimum atomic E-state index is -0.693. The van der Waals surface area contributed by atoms with E-state index in [4.69, 9.17) is 9.47 Å². The van der Waals surface area contributed by atoms with Gasteiger partial charge in [0, 0.05) is 0 Å². The van der Waals surface area contributed by atoms with Crippen molar-refractivity contribution in [3.05, 3.63) is 24.3 Å². The molecule has 6 heteroatoms. The van der Waals surface area contributed by atoms with Gasteiger partial charge in [-0.05, 0) is 25.0 Å². The quantitative estimate of drug-likeness (QED) is 0.832. The number of amides is 3. The highest BCUT2D eigenvalue weighted by Gasteiger charge is 2.50. The number of imide groups is 1. The predicted octanol–water partition coefficient (Wildman–Crippen LogP) is 3.11. The van der Waals surface area contributed by atoms with Gasteiger partial charge in [-0.15, -0.1) is 0 Å². The van der Waals surface area contributed by atoms with Crippen LogP contribution >= 0.6 is 0 Å². The third-order valence-corrected chi connectivity index (χ3v) is 5.09. The van der Waals surface area contributed by atoms with Gasteiger partial charge in [-0.2, -0.15) is 0 Å². The number of nitrogens with zero attached hydrogens (tertiary/aromatic N) is 1. The summed E-state index contributed by atoms with van der Waals surface area (Å²) in [7, 11) is 1.58. The fourth-order valence-electron chi connectivity index (χ4n) is 3.71. The van der Waals surface area contributed by atoms with E-state index in [2.05, 4.69) is 5.32 Å². The Bertz CT molecular complexity index is 624. The number of methoxy groups -OCH3 is 1. The molecule has 1 saturated carbocycles. The van der Waals surface area contributed by atoms with Crippen molar-refractivity contribution in [1.29, 1.82) is 0 Å². The fraction of sp³-hybridized carbons (Fsp3) is 0.579. The Labute approximate surface area is 148 Å². The lowest BCUT2D eigenvalue weighted by atomic mass is 9.84. The molecule has 0 bridgehead atoms. The molecule has 3 rings (SSSR count). The maximum absolute atomic E-state index is 12.9. The summed E-state index contributed by atoms with van der Waals surface area (Å²) in [5, 5.41) is 2.97. The normalized spacial score (nSPS) is 20.1. The maximum Gasteiger partial charge on any atom is 0.325 e. The highest BCUT2D eigenvalue weighted by Crippen LogP contribution is 2.32.